The molecule has 0 saturated heterocycles. The van der Waals surface area contributed by atoms with Gasteiger partial charge in [0.05, 0.1) is 0 Å². The van der Waals surface area contributed by atoms with Crippen molar-refractivity contribution in [2.45, 2.75) is 32.1 Å². The van der Waals surface area contributed by atoms with E-state index in [9.17, 15) is 0 Å². The first-order valence-electron chi connectivity index (χ1n) is 12.5. The van der Waals surface area contributed by atoms with E-state index in [1.54, 1.807) is 0 Å². The summed E-state index contributed by atoms with van der Waals surface area (Å²) in [6.45, 7) is 13.2. The Labute approximate surface area is 253 Å². The summed E-state index contributed by atoms with van der Waals surface area (Å²) in [5.41, 5.74) is 10.7. The lowest BCUT2D eigenvalue weighted by molar-refractivity contribution is 0.865. The van der Waals surface area contributed by atoms with Gasteiger partial charge < -0.3 is 9.80 Å². The van der Waals surface area contributed by atoms with Crippen molar-refractivity contribution in [3.63, 3.8) is 0 Å². The standard InChI is InChI=1S/C30H37I3N2/c1-5-34(6-2)26-11-13-28(23(4)19-26)30(24-9-7-22(3)8-10-24)29-14-12-27(20-25(29)21-33)35(17-15-31)18-16-32/h7-14,19-20,22H,5-6,15-18,21H2,1-4H3. The summed E-state index contributed by atoms with van der Waals surface area (Å²) in [6.07, 6.45) is 9.27. The van der Waals surface area contributed by atoms with Crippen molar-refractivity contribution >= 4 is 84.7 Å². The topological polar surface area (TPSA) is 6.48 Å². The number of hydrogen-bond donors (Lipinski definition) is 0. The number of alkyl halides is 3. The van der Waals surface area contributed by atoms with E-state index in [2.05, 4.69) is 166 Å². The van der Waals surface area contributed by atoms with Crippen LogP contribution in [0.4, 0.5) is 11.4 Å². The van der Waals surface area contributed by atoms with E-state index in [0.717, 1.165) is 39.5 Å². The van der Waals surface area contributed by atoms with Gasteiger partial charge >= 0.3 is 0 Å². The highest BCUT2D eigenvalue weighted by Gasteiger charge is 2.18. The number of allylic oxidation sites excluding steroid dienone is 5. The van der Waals surface area contributed by atoms with Crippen molar-refractivity contribution in [3.05, 3.63) is 88.5 Å². The first-order valence-corrected chi connectivity index (χ1v) is 17.1. The smallest absolute Gasteiger partial charge is 0.0370 e. The molecular formula is C30H37I3N2. The van der Waals surface area contributed by atoms with Gasteiger partial charge in [0, 0.05) is 50.8 Å². The second-order valence-corrected chi connectivity index (χ2v) is 11.8. The summed E-state index contributed by atoms with van der Waals surface area (Å²) >= 11 is 7.51. The molecule has 2 aromatic rings. The summed E-state index contributed by atoms with van der Waals surface area (Å²) in [6, 6.07) is 14.1. The van der Waals surface area contributed by atoms with Gasteiger partial charge in [0.1, 0.15) is 0 Å². The van der Waals surface area contributed by atoms with Crippen molar-refractivity contribution in [1.82, 2.24) is 0 Å². The predicted molar refractivity (Wildman–Crippen MR) is 182 cm³/mol. The van der Waals surface area contributed by atoms with Crippen molar-refractivity contribution < 1.29 is 0 Å². The van der Waals surface area contributed by atoms with Crippen LogP contribution in [-0.2, 0) is 4.43 Å². The van der Waals surface area contributed by atoms with Crippen LogP contribution in [0.5, 0.6) is 0 Å². The maximum absolute atomic E-state index is 2.53. The van der Waals surface area contributed by atoms with Gasteiger partial charge in [-0.1, -0.05) is 111 Å². The van der Waals surface area contributed by atoms with E-state index in [1.807, 2.05) is 0 Å². The van der Waals surface area contributed by atoms with Gasteiger partial charge in [0.25, 0.3) is 0 Å². The molecule has 0 aromatic heterocycles. The summed E-state index contributed by atoms with van der Waals surface area (Å²) < 4.78 is 3.26. The van der Waals surface area contributed by atoms with Gasteiger partial charge in [-0.15, -0.1) is 0 Å². The molecule has 35 heavy (non-hydrogen) atoms. The van der Waals surface area contributed by atoms with Gasteiger partial charge in [0.15, 0.2) is 0 Å². The average Bonchev–Trinajstić information content (AvgIpc) is 2.87. The third-order valence-corrected chi connectivity index (χ3v) is 8.42. The fourth-order valence-electron chi connectivity index (χ4n) is 4.67. The first kappa shape index (κ1) is 29.0. The Bertz CT molecular complexity index is 1060. The highest BCUT2D eigenvalue weighted by molar-refractivity contribution is 14.1. The van der Waals surface area contributed by atoms with E-state index in [1.165, 1.54) is 44.8 Å². The number of benzene rings is 2. The third-order valence-electron chi connectivity index (χ3n) is 6.63. The first-order chi connectivity index (χ1) is 17.0. The maximum Gasteiger partial charge on any atom is 0.0370 e. The molecule has 2 nitrogen and oxygen atoms in total. The molecule has 0 radical (unpaired) electrons. The summed E-state index contributed by atoms with van der Waals surface area (Å²) in [5.74, 6) is 0.479. The van der Waals surface area contributed by atoms with Gasteiger partial charge in [-0.2, -0.15) is 0 Å². The van der Waals surface area contributed by atoms with Gasteiger partial charge in [-0.3, -0.25) is 0 Å². The number of anilines is 2. The molecule has 0 saturated carbocycles. The molecule has 3 rings (SSSR count). The highest BCUT2D eigenvalue weighted by atomic mass is 127. The lowest BCUT2D eigenvalue weighted by atomic mass is 9.85. The van der Waals surface area contributed by atoms with Crippen molar-refractivity contribution in [1.29, 1.82) is 0 Å². The summed E-state index contributed by atoms with van der Waals surface area (Å²) in [5, 5.41) is 0. The number of aryl methyl sites for hydroxylation is 1. The second kappa shape index (κ2) is 14.4. The van der Waals surface area contributed by atoms with E-state index < -0.39 is 0 Å². The molecule has 0 aliphatic heterocycles. The number of rotatable bonds is 11. The average molecular weight is 806 g/mol. The minimum Gasteiger partial charge on any atom is -0.372 e. The number of nitrogens with zero attached hydrogens (tertiary/aromatic N) is 2. The largest absolute Gasteiger partial charge is 0.372 e. The van der Waals surface area contributed by atoms with Gasteiger partial charge in [0.2, 0.25) is 0 Å². The molecule has 1 aliphatic rings. The Morgan fingerprint density at radius 3 is 1.89 bits per heavy atom. The van der Waals surface area contributed by atoms with Crippen LogP contribution in [0.25, 0.3) is 5.57 Å². The van der Waals surface area contributed by atoms with Crippen LogP contribution in [0, 0.1) is 12.8 Å². The Kier molecular flexibility index (Phi) is 11.9. The number of hydrogen-bond acceptors (Lipinski definition) is 2. The minimum absolute atomic E-state index is 0.479. The predicted octanol–water partition coefficient (Wildman–Crippen LogP) is 9.02. The van der Waals surface area contributed by atoms with Crippen LogP contribution in [0.1, 0.15) is 43.0 Å². The monoisotopic (exact) mass is 806 g/mol. The molecule has 5 heteroatoms. The van der Waals surface area contributed by atoms with Crippen LogP contribution in [0.15, 0.2) is 66.3 Å². The van der Waals surface area contributed by atoms with Crippen molar-refractivity contribution in [2.24, 2.45) is 5.92 Å². The van der Waals surface area contributed by atoms with Crippen molar-refractivity contribution in [2.75, 3.05) is 44.8 Å². The normalized spacial score (nSPS) is 14.9. The Morgan fingerprint density at radius 2 is 1.37 bits per heavy atom. The molecule has 0 atom stereocenters. The molecule has 2 aromatic carbocycles. The molecule has 1 aliphatic carbocycles. The minimum atomic E-state index is 0.479. The maximum atomic E-state index is 2.53. The van der Waals surface area contributed by atoms with E-state index in [0.29, 0.717) is 5.92 Å². The zero-order valence-electron chi connectivity index (χ0n) is 21.3. The third kappa shape index (κ3) is 7.27. The number of halogens is 3. The molecule has 0 unspecified atom stereocenters. The van der Waals surface area contributed by atoms with Gasteiger partial charge in [-0.25, -0.2) is 0 Å². The SMILES string of the molecule is CCN(CC)c1ccc(C(=C2C=CC(C)C=C2)c2ccc(N(CCI)CCI)cc2CI)c(C)c1. The Hall–Kier alpha value is -0.550. The lowest BCUT2D eigenvalue weighted by Gasteiger charge is -2.26. The zero-order chi connectivity index (χ0) is 25.4. The fourth-order valence-corrected chi connectivity index (χ4v) is 6.47. The summed E-state index contributed by atoms with van der Waals surface area (Å²) in [7, 11) is 0. The van der Waals surface area contributed by atoms with E-state index >= 15 is 0 Å². The molecule has 0 heterocycles. The second-order valence-electron chi connectivity index (χ2n) is 8.92. The van der Waals surface area contributed by atoms with E-state index in [-0.39, 0.29) is 0 Å². The van der Waals surface area contributed by atoms with Crippen LogP contribution in [-0.4, -0.2) is 35.0 Å². The van der Waals surface area contributed by atoms with Crippen LogP contribution < -0.4 is 9.80 Å². The molecule has 0 bridgehead atoms. The quantitative estimate of drug-likeness (QED) is 0.165. The van der Waals surface area contributed by atoms with Crippen molar-refractivity contribution in [3.8, 4) is 0 Å². The Morgan fingerprint density at radius 1 is 0.800 bits per heavy atom. The van der Waals surface area contributed by atoms with Gasteiger partial charge in [-0.05, 0) is 84.4 Å². The van der Waals surface area contributed by atoms with E-state index in [4.69, 9.17) is 0 Å². The molecule has 188 valence electrons. The fraction of sp³-hybridized carbons (Fsp3) is 0.400. The molecule has 0 fully saturated rings. The highest BCUT2D eigenvalue weighted by Crippen LogP contribution is 2.37. The Balaban J connectivity index is 2.18. The molecule has 0 spiro atoms. The van der Waals surface area contributed by atoms with Crippen LogP contribution >= 0.6 is 67.8 Å². The van der Waals surface area contributed by atoms with Crippen LogP contribution in [0.2, 0.25) is 0 Å². The van der Waals surface area contributed by atoms with Crippen LogP contribution in [0.3, 0.4) is 0 Å². The lowest BCUT2D eigenvalue weighted by Crippen LogP contribution is -2.27. The molecular weight excluding hydrogens is 769 g/mol. The molecule has 0 N–H and O–H groups in total. The zero-order valence-corrected chi connectivity index (χ0v) is 27.8. The molecule has 0 amide bonds. The summed E-state index contributed by atoms with van der Waals surface area (Å²) in [4.78, 5) is 4.95.